The molecule has 2 aromatic heterocycles. The van der Waals surface area contributed by atoms with Crippen LogP contribution in [0.2, 0.25) is 0 Å². The molecule has 4 heteroatoms. The zero-order chi connectivity index (χ0) is 14.1. The van der Waals surface area contributed by atoms with Crippen LogP contribution in [0.4, 0.5) is 5.82 Å². The first-order valence-corrected chi connectivity index (χ1v) is 6.49. The van der Waals surface area contributed by atoms with Gasteiger partial charge in [0.05, 0.1) is 11.4 Å². The summed E-state index contributed by atoms with van der Waals surface area (Å²) in [5.74, 6) is 0.660. The number of nitrogens with two attached hydrogens (primary N) is 1. The summed E-state index contributed by atoms with van der Waals surface area (Å²) in [5, 5.41) is 4.64. The molecule has 4 nitrogen and oxygen atoms in total. The van der Waals surface area contributed by atoms with Gasteiger partial charge in [-0.05, 0) is 37.6 Å². The van der Waals surface area contributed by atoms with Crippen molar-refractivity contribution in [2.24, 2.45) is 0 Å². The van der Waals surface area contributed by atoms with Crippen molar-refractivity contribution < 1.29 is 0 Å². The monoisotopic (exact) mass is 264 g/mol. The molecule has 0 spiro atoms. The predicted octanol–water partition coefficient (Wildman–Crippen LogP) is 3.13. The maximum absolute atomic E-state index is 6.19. The second kappa shape index (κ2) is 4.81. The van der Waals surface area contributed by atoms with E-state index in [-0.39, 0.29) is 0 Å². The average molecular weight is 264 g/mol. The Labute approximate surface area is 117 Å². The number of aryl methyl sites for hydroxylation is 1. The highest BCUT2D eigenvalue weighted by Gasteiger charge is 2.14. The molecule has 0 fully saturated rings. The van der Waals surface area contributed by atoms with Crippen molar-refractivity contribution in [2.45, 2.75) is 13.8 Å². The number of para-hydroxylation sites is 1. The fraction of sp³-hybridized carbons (Fsp3) is 0.125. The minimum atomic E-state index is 0.660. The largest absolute Gasteiger partial charge is 0.383 e. The van der Waals surface area contributed by atoms with E-state index in [4.69, 9.17) is 5.73 Å². The van der Waals surface area contributed by atoms with Crippen LogP contribution in [0.1, 0.15) is 11.1 Å². The van der Waals surface area contributed by atoms with Gasteiger partial charge < -0.3 is 5.73 Å². The van der Waals surface area contributed by atoms with E-state index in [9.17, 15) is 0 Å². The molecule has 0 saturated heterocycles. The maximum atomic E-state index is 6.19. The van der Waals surface area contributed by atoms with E-state index >= 15 is 0 Å². The first kappa shape index (κ1) is 12.4. The predicted molar refractivity (Wildman–Crippen MR) is 80.7 cm³/mol. The highest BCUT2D eigenvalue weighted by molar-refractivity contribution is 5.69. The van der Waals surface area contributed by atoms with E-state index in [1.54, 1.807) is 4.68 Å². The van der Waals surface area contributed by atoms with E-state index in [1.807, 2.05) is 56.6 Å². The minimum Gasteiger partial charge on any atom is -0.383 e. The molecule has 0 amide bonds. The lowest BCUT2D eigenvalue weighted by Crippen LogP contribution is -2.01. The minimum absolute atomic E-state index is 0.660. The van der Waals surface area contributed by atoms with Crippen molar-refractivity contribution >= 4 is 5.82 Å². The number of hydrogen-bond donors (Lipinski definition) is 1. The number of aromatic nitrogens is 3. The van der Waals surface area contributed by atoms with Crippen molar-refractivity contribution in [3.8, 4) is 16.9 Å². The van der Waals surface area contributed by atoms with Crippen LogP contribution in [0.5, 0.6) is 0 Å². The summed E-state index contributed by atoms with van der Waals surface area (Å²) < 4.78 is 1.77. The molecule has 20 heavy (non-hydrogen) atoms. The number of nitrogens with zero attached hydrogens (tertiary/aromatic N) is 3. The van der Waals surface area contributed by atoms with Gasteiger partial charge in [0.2, 0.25) is 0 Å². The van der Waals surface area contributed by atoms with Crippen LogP contribution in [-0.2, 0) is 0 Å². The molecule has 0 unspecified atom stereocenters. The quantitative estimate of drug-likeness (QED) is 0.773. The molecule has 1 aromatic carbocycles. The van der Waals surface area contributed by atoms with Crippen LogP contribution in [-0.4, -0.2) is 14.8 Å². The molecule has 0 aliphatic carbocycles. The lowest BCUT2D eigenvalue weighted by atomic mass is 10.1. The van der Waals surface area contributed by atoms with Crippen LogP contribution < -0.4 is 5.73 Å². The molecule has 2 heterocycles. The van der Waals surface area contributed by atoms with Gasteiger partial charge in [0.15, 0.2) is 0 Å². The Hall–Kier alpha value is -2.62. The van der Waals surface area contributed by atoms with Crippen molar-refractivity contribution in [1.82, 2.24) is 14.8 Å². The zero-order valence-corrected chi connectivity index (χ0v) is 11.5. The van der Waals surface area contributed by atoms with Crippen molar-refractivity contribution in [1.29, 1.82) is 0 Å². The van der Waals surface area contributed by atoms with Gasteiger partial charge in [-0.2, -0.15) is 5.10 Å². The third-order valence-corrected chi connectivity index (χ3v) is 3.32. The number of hydrogen-bond acceptors (Lipinski definition) is 3. The molecule has 100 valence electrons. The van der Waals surface area contributed by atoms with Gasteiger partial charge in [-0.3, -0.25) is 4.98 Å². The fourth-order valence-corrected chi connectivity index (χ4v) is 2.23. The lowest BCUT2D eigenvalue weighted by molar-refractivity contribution is 0.894. The van der Waals surface area contributed by atoms with E-state index < -0.39 is 0 Å². The number of anilines is 1. The van der Waals surface area contributed by atoms with Gasteiger partial charge in [0.25, 0.3) is 0 Å². The van der Waals surface area contributed by atoms with Gasteiger partial charge in [0.1, 0.15) is 5.82 Å². The Morgan fingerprint density at radius 3 is 2.50 bits per heavy atom. The number of rotatable bonds is 2. The Balaban J connectivity index is 2.16. The molecule has 0 atom stereocenters. The molecule has 0 aliphatic heterocycles. The van der Waals surface area contributed by atoms with Gasteiger partial charge in [0, 0.05) is 23.5 Å². The fourth-order valence-electron chi connectivity index (χ4n) is 2.23. The van der Waals surface area contributed by atoms with Gasteiger partial charge in [-0.1, -0.05) is 18.2 Å². The third-order valence-electron chi connectivity index (χ3n) is 3.32. The van der Waals surface area contributed by atoms with Gasteiger partial charge >= 0.3 is 0 Å². The standard InChI is InChI=1S/C16H16N4/c1-11-8-13(10-18-9-11)15-12(2)16(17)20(19-15)14-6-4-3-5-7-14/h3-10H,17H2,1-2H3. The summed E-state index contributed by atoms with van der Waals surface area (Å²) in [4.78, 5) is 4.22. The molecular weight excluding hydrogens is 248 g/mol. The first-order chi connectivity index (χ1) is 9.66. The summed E-state index contributed by atoms with van der Waals surface area (Å²) in [5.41, 5.74) is 11.1. The molecule has 2 N–H and O–H groups in total. The van der Waals surface area contributed by atoms with Crippen LogP contribution >= 0.6 is 0 Å². The van der Waals surface area contributed by atoms with Crippen molar-refractivity contribution in [3.05, 3.63) is 59.9 Å². The maximum Gasteiger partial charge on any atom is 0.130 e. The number of pyridine rings is 1. The Morgan fingerprint density at radius 2 is 1.80 bits per heavy atom. The zero-order valence-electron chi connectivity index (χ0n) is 11.5. The summed E-state index contributed by atoms with van der Waals surface area (Å²) in [7, 11) is 0. The smallest absolute Gasteiger partial charge is 0.130 e. The highest BCUT2D eigenvalue weighted by Crippen LogP contribution is 2.28. The topological polar surface area (TPSA) is 56.7 Å². The molecule has 3 rings (SSSR count). The Kier molecular flexibility index (Phi) is 2.99. The number of nitrogen functional groups attached to an aromatic ring is 1. The summed E-state index contributed by atoms with van der Waals surface area (Å²) in [6.07, 6.45) is 3.65. The van der Waals surface area contributed by atoms with Gasteiger partial charge in [-0.15, -0.1) is 0 Å². The van der Waals surface area contributed by atoms with Crippen LogP contribution in [0.25, 0.3) is 16.9 Å². The highest BCUT2D eigenvalue weighted by atomic mass is 15.3. The van der Waals surface area contributed by atoms with Crippen LogP contribution in [0, 0.1) is 13.8 Å². The van der Waals surface area contributed by atoms with Crippen molar-refractivity contribution in [3.63, 3.8) is 0 Å². The summed E-state index contributed by atoms with van der Waals surface area (Å²) in [6.45, 7) is 4.00. The van der Waals surface area contributed by atoms with E-state index in [2.05, 4.69) is 16.1 Å². The molecule has 0 radical (unpaired) electrons. The summed E-state index contributed by atoms with van der Waals surface area (Å²) >= 11 is 0. The molecular formula is C16H16N4. The third kappa shape index (κ3) is 2.05. The van der Waals surface area contributed by atoms with E-state index in [0.717, 1.165) is 28.1 Å². The lowest BCUT2D eigenvalue weighted by Gasteiger charge is -2.02. The van der Waals surface area contributed by atoms with E-state index in [1.165, 1.54) is 0 Å². The van der Waals surface area contributed by atoms with Gasteiger partial charge in [-0.25, -0.2) is 4.68 Å². The molecule has 0 bridgehead atoms. The second-order valence-electron chi connectivity index (χ2n) is 4.86. The number of benzene rings is 1. The van der Waals surface area contributed by atoms with E-state index in [0.29, 0.717) is 5.82 Å². The second-order valence-corrected chi connectivity index (χ2v) is 4.86. The average Bonchev–Trinajstić information content (AvgIpc) is 2.76. The summed E-state index contributed by atoms with van der Waals surface area (Å²) in [6, 6.07) is 12.0. The Bertz CT molecular complexity index is 744. The van der Waals surface area contributed by atoms with Crippen LogP contribution in [0.15, 0.2) is 48.8 Å². The SMILES string of the molecule is Cc1cncc(-c2nn(-c3ccccc3)c(N)c2C)c1. The van der Waals surface area contributed by atoms with Crippen LogP contribution in [0.3, 0.4) is 0 Å². The first-order valence-electron chi connectivity index (χ1n) is 6.49. The Morgan fingerprint density at radius 1 is 1.05 bits per heavy atom. The molecule has 0 aliphatic rings. The van der Waals surface area contributed by atoms with Crippen molar-refractivity contribution in [2.75, 3.05) is 5.73 Å². The molecule has 0 saturated carbocycles. The normalized spacial score (nSPS) is 10.7. The molecule has 3 aromatic rings.